The summed E-state index contributed by atoms with van der Waals surface area (Å²) in [5, 5.41) is 9.36. The lowest BCUT2D eigenvalue weighted by atomic mass is 9.82. The van der Waals surface area contributed by atoms with Gasteiger partial charge in [-0.15, -0.1) is 0 Å². The Bertz CT molecular complexity index is 543. The van der Waals surface area contributed by atoms with Crippen molar-refractivity contribution < 1.29 is 19.4 Å². The van der Waals surface area contributed by atoms with Gasteiger partial charge in [-0.25, -0.2) is 4.79 Å². The summed E-state index contributed by atoms with van der Waals surface area (Å²) in [7, 11) is 1.49. The van der Waals surface area contributed by atoms with Crippen LogP contribution in [0.2, 0.25) is 0 Å². The van der Waals surface area contributed by atoms with Crippen molar-refractivity contribution >= 4 is 17.6 Å². The van der Waals surface area contributed by atoms with Crippen molar-refractivity contribution in [1.29, 1.82) is 0 Å². The summed E-state index contributed by atoms with van der Waals surface area (Å²) in [6, 6.07) is 4.93. The molecule has 1 aromatic rings. The number of carbonyl (C=O) groups excluding carboxylic acids is 1. The molecule has 0 fully saturated rings. The Kier molecular flexibility index (Phi) is 3.20. The third kappa shape index (κ3) is 2.04. The highest BCUT2D eigenvalue weighted by atomic mass is 16.5. The van der Waals surface area contributed by atoms with E-state index in [1.165, 1.54) is 18.9 Å². The predicted octanol–water partition coefficient (Wildman–Crippen LogP) is 0.690. The molecule has 0 aliphatic carbocycles. The minimum atomic E-state index is -1.49. The summed E-state index contributed by atoms with van der Waals surface area (Å²) in [6.45, 7) is 1.73. The number of aliphatic carboxylic acids is 1. The lowest BCUT2D eigenvalue weighted by Gasteiger charge is -2.38. The number of anilines is 1. The average molecular weight is 264 g/mol. The number of fused-ring (bicyclic) bond motifs is 1. The zero-order valence-electron chi connectivity index (χ0n) is 10.8. The number of carboxylic acid groups (broad SMARTS) is 1. The molecule has 0 bridgehead atoms. The van der Waals surface area contributed by atoms with Crippen molar-refractivity contribution in [3.63, 3.8) is 0 Å². The maximum Gasteiger partial charge on any atom is 0.328 e. The topological polar surface area (TPSA) is 92.9 Å². The number of methoxy groups -OCH3 is 1. The smallest absolute Gasteiger partial charge is 0.328 e. The molecule has 1 atom stereocenters. The van der Waals surface area contributed by atoms with Crippen LogP contribution in [0.5, 0.6) is 5.75 Å². The number of amides is 1. The Labute approximate surface area is 110 Å². The number of carboxylic acids is 1. The van der Waals surface area contributed by atoms with Gasteiger partial charge in [0.15, 0.2) is 0 Å². The second-order valence-corrected chi connectivity index (χ2v) is 4.58. The molecule has 19 heavy (non-hydrogen) atoms. The fourth-order valence-electron chi connectivity index (χ4n) is 2.33. The summed E-state index contributed by atoms with van der Waals surface area (Å²) < 4.78 is 5.10. The highest BCUT2D eigenvalue weighted by Crippen LogP contribution is 2.39. The maximum absolute atomic E-state index is 11.6. The highest BCUT2D eigenvalue weighted by molar-refractivity contribution is 5.96. The van der Waals surface area contributed by atoms with E-state index in [9.17, 15) is 14.7 Å². The van der Waals surface area contributed by atoms with Crippen LogP contribution in [0.25, 0.3) is 0 Å². The predicted molar refractivity (Wildman–Crippen MR) is 69.1 cm³/mol. The van der Waals surface area contributed by atoms with Gasteiger partial charge >= 0.3 is 5.97 Å². The molecule has 0 radical (unpaired) electrons. The molecule has 0 saturated carbocycles. The molecule has 0 aromatic heterocycles. The Hall–Kier alpha value is -2.08. The first-order chi connectivity index (χ1) is 8.90. The van der Waals surface area contributed by atoms with E-state index >= 15 is 0 Å². The van der Waals surface area contributed by atoms with E-state index < -0.39 is 11.5 Å². The zero-order valence-corrected chi connectivity index (χ0v) is 10.8. The Morgan fingerprint density at radius 3 is 2.68 bits per heavy atom. The third-order valence-corrected chi connectivity index (χ3v) is 3.47. The lowest BCUT2D eigenvalue weighted by molar-refractivity contribution is -0.144. The van der Waals surface area contributed by atoms with Gasteiger partial charge in [0, 0.05) is 24.7 Å². The highest BCUT2D eigenvalue weighted by Gasteiger charge is 2.43. The van der Waals surface area contributed by atoms with Gasteiger partial charge in [-0.2, -0.15) is 0 Å². The van der Waals surface area contributed by atoms with E-state index in [4.69, 9.17) is 10.5 Å². The number of benzene rings is 1. The standard InChI is InChI=1S/C13H16N2O4/c1-8(16)15-6-5-13(14,12(17)18)10-7-9(19-2)3-4-11(10)15/h3-4,7H,5-6,14H2,1-2H3,(H,17,18). The number of nitrogens with zero attached hydrogens (tertiary/aromatic N) is 1. The van der Waals surface area contributed by atoms with Crippen molar-refractivity contribution in [3.8, 4) is 5.75 Å². The number of carbonyl (C=O) groups is 2. The number of ether oxygens (including phenoxy) is 1. The number of hydrogen-bond donors (Lipinski definition) is 2. The van der Waals surface area contributed by atoms with Crippen LogP contribution in [0.3, 0.4) is 0 Å². The summed E-state index contributed by atoms with van der Waals surface area (Å²) in [6.07, 6.45) is 0.169. The van der Waals surface area contributed by atoms with Gasteiger partial charge in [0.05, 0.1) is 7.11 Å². The molecule has 6 heteroatoms. The fraction of sp³-hybridized carbons (Fsp3) is 0.385. The van der Waals surface area contributed by atoms with Crippen molar-refractivity contribution in [1.82, 2.24) is 0 Å². The van der Waals surface area contributed by atoms with Gasteiger partial charge in [-0.05, 0) is 24.6 Å². The van der Waals surface area contributed by atoms with Crippen LogP contribution in [0, 0.1) is 0 Å². The molecule has 1 aliphatic heterocycles. The van der Waals surface area contributed by atoms with Crippen LogP contribution in [-0.4, -0.2) is 30.6 Å². The molecule has 0 spiro atoms. The summed E-state index contributed by atoms with van der Waals surface area (Å²) in [5.74, 6) is -0.732. The van der Waals surface area contributed by atoms with Crippen LogP contribution >= 0.6 is 0 Å². The van der Waals surface area contributed by atoms with Crippen molar-refractivity contribution in [2.75, 3.05) is 18.6 Å². The summed E-state index contributed by atoms with van der Waals surface area (Å²) >= 11 is 0. The Morgan fingerprint density at radius 1 is 1.47 bits per heavy atom. The summed E-state index contributed by atoms with van der Waals surface area (Å²) in [5.41, 5.74) is 5.45. The van der Waals surface area contributed by atoms with Gasteiger partial charge in [0.1, 0.15) is 11.3 Å². The van der Waals surface area contributed by atoms with Crippen LogP contribution in [0.15, 0.2) is 18.2 Å². The van der Waals surface area contributed by atoms with E-state index in [2.05, 4.69) is 0 Å². The van der Waals surface area contributed by atoms with E-state index in [1.807, 2.05) is 0 Å². The minimum absolute atomic E-state index is 0.140. The SMILES string of the molecule is COc1ccc2c(c1)C(N)(C(=O)O)CCN2C(C)=O. The van der Waals surface area contributed by atoms with Gasteiger partial charge in [0.25, 0.3) is 0 Å². The molecule has 1 unspecified atom stereocenters. The molecule has 3 N–H and O–H groups in total. The molecule has 1 aliphatic rings. The molecule has 0 saturated heterocycles. The number of hydrogen-bond acceptors (Lipinski definition) is 4. The van der Waals surface area contributed by atoms with Gasteiger partial charge in [0.2, 0.25) is 5.91 Å². The molecule has 6 nitrogen and oxygen atoms in total. The molecule has 1 amide bonds. The fourth-order valence-corrected chi connectivity index (χ4v) is 2.33. The molecule has 1 heterocycles. The van der Waals surface area contributed by atoms with Crippen LogP contribution in [-0.2, 0) is 15.1 Å². The second kappa shape index (κ2) is 4.55. The first-order valence-electron chi connectivity index (χ1n) is 5.89. The Morgan fingerprint density at radius 2 is 2.16 bits per heavy atom. The molecule has 102 valence electrons. The molecule has 2 rings (SSSR count). The maximum atomic E-state index is 11.6. The monoisotopic (exact) mass is 264 g/mol. The van der Waals surface area contributed by atoms with E-state index in [1.54, 1.807) is 18.2 Å². The minimum Gasteiger partial charge on any atom is -0.497 e. The first kappa shape index (κ1) is 13.4. The molecular weight excluding hydrogens is 248 g/mol. The quantitative estimate of drug-likeness (QED) is 0.819. The average Bonchev–Trinajstić information content (AvgIpc) is 2.38. The van der Waals surface area contributed by atoms with Crippen LogP contribution in [0.4, 0.5) is 5.69 Å². The number of rotatable bonds is 2. The zero-order chi connectivity index (χ0) is 14.2. The lowest BCUT2D eigenvalue weighted by Crippen LogP contribution is -2.52. The van der Waals surface area contributed by atoms with E-state index in [0.717, 1.165) is 0 Å². The van der Waals surface area contributed by atoms with Crippen molar-refractivity contribution in [3.05, 3.63) is 23.8 Å². The van der Waals surface area contributed by atoms with Gasteiger partial charge < -0.3 is 20.5 Å². The summed E-state index contributed by atoms with van der Waals surface area (Å²) in [4.78, 5) is 24.6. The van der Waals surface area contributed by atoms with Crippen molar-refractivity contribution in [2.45, 2.75) is 18.9 Å². The second-order valence-electron chi connectivity index (χ2n) is 4.58. The van der Waals surface area contributed by atoms with E-state index in [-0.39, 0.29) is 18.9 Å². The van der Waals surface area contributed by atoms with E-state index in [0.29, 0.717) is 17.0 Å². The van der Waals surface area contributed by atoms with Gasteiger partial charge in [-0.1, -0.05) is 0 Å². The molecular formula is C13H16N2O4. The van der Waals surface area contributed by atoms with Crippen LogP contribution < -0.4 is 15.4 Å². The van der Waals surface area contributed by atoms with Gasteiger partial charge in [-0.3, -0.25) is 4.79 Å². The molecule has 1 aromatic carbocycles. The largest absolute Gasteiger partial charge is 0.497 e. The van der Waals surface area contributed by atoms with Crippen LogP contribution in [0.1, 0.15) is 18.9 Å². The number of nitrogens with two attached hydrogens (primary N) is 1. The third-order valence-electron chi connectivity index (χ3n) is 3.47. The normalized spacial score (nSPS) is 21.7. The Balaban J connectivity index is 2.63. The first-order valence-corrected chi connectivity index (χ1v) is 5.89. The van der Waals surface area contributed by atoms with Crippen molar-refractivity contribution in [2.24, 2.45) is 5.73 Å².